The number of methoxy groups -OCH3 is 2. The number of hydrogen-bond acceptors (Lipinski definition) is 6. The van der Waals surface area contributed by atoms with E-state index in [9.17, 15) is 9.59 Å². The molecule has 144 valence electrons. The smallest absolute Gasteiger partial charge is 0.466 e. The van der Waals surface area contributed by atoms with E-state index < -0.39 is 19.1 Å². The van der Waals surface area contributed by atoms with Gasteiger partial charge in [0.2, 0.25) is 0 Å². The normalized spacial score (nSPS) is 19.9. The minimum Gasteiger partial charge on any atom is -0.466 e. The van der Waals surface area contributed by atoms with Gasteiger partial charge < -0.3 is 18.8 Å². The largest absolute Gasteiger partial charge is 0.490 e. The molecule has 7 heteroatoms. The van der Waals surface area contributed by atoms with E-state index in [1.807, 2.05) is 27.7 Å². The maximum atomic E-state index is 12.4. The van der Waals surface area contributed by atoms with E-state index in [4.69, 9.17) is 18.8 Å². The van der Waals surface area contributed by atoms with Crippen LogP contribution in [0.25, 0.3) is 0 Å². The third kappa shape index (κ3) is 4.38. The van der Waals surface area contributed by atoms with Gasteiger partial charge in [-0.05, 0) is 58.9 Å². The minimum absolute atomic E-state index is 0.0285. The van der Waals surface area contributed by atoms with Crippen molar-refractivity contribution >= 4 is 19.1 Å². The summed E-state index contributed by atoms with van der Waals surface area (Å²) in [4.78, 5) is 24.8. The molecule has 1 atom stereocenters. The van der Waals surface area contributed by atoms with Crippen LogP contribution in [0.5, 0.6) is 0 Å². The molecule has 2 rings (SSSR count). The van der Waals surface area contributed by atoms with Crippen molar-refractivity contribution in [2.75, 3.05) is 14.2 Å². The second-order valence-electron chi connectivity index (χ2n) is 7.25. The number of ether oxygens (including phenoxy) is 2. The molecular weight excluding hydrogens is 335 g/mol. The molecular formula is C19H29BO6. The van der Waals surface area contributed by atoms with Crippen LogP contribution in [-0.4, -0.2) is 45.5 Å². The first-order chi connectivity index (χ1) is 12.3. The fraction of sp³-hybridized carbons (Fsp3) is 0.684. The summed E-state index contributed by atoms with van der Waals surface area (Å²) in [5.41, 5.74) is 2.88. The van der Waals surface area contributed by atoms with Crippen LogP contribution in [0.2, 0.25) is 0 Å². The van der Waals surface area contributed by atoms with Crippen molar-refractivity contribution in [3.63, 3.8) is 0 Å². The lowest BCUT2D eigenvalue weighted by Crippen LogP contribution is -2.36. The molecule has 0 amide bonds. The predicted molar refractivity (Wildman–Crippen MR) is 98.2 cm³/mol. The van der Waals surface area contributed by atoms with Crippen LogP contribution >= 0.6 is 0 Å². The monoisotopic (exact) mass is 364 g/mol. The average molecular weight is 364 g/mol. The molecule has 26 heavy (non-hydrogen) atoms. The zero-order chi connectivity index (χ0) is 19.4. The van der Waals surface area contributed by atoms with Gasteiger partial charge in [-0.2, -0.15) is 0 Å². The third-order valence-corrected chi connectivity index (χ3v) is 4.73. The van der Waals surface area contributed by atoms with Gasteiger partial charge in [0.15, 0.2) is 0 Å². The number of carbonyl (C=O) groups excluding carboxylic acids is 2. The van der Waals surface area contributed by atoms with Crippen molar-refractivity contribution in [1.29, 1.82) is 0 Å². The Labute approximate surface area is 156 Å². The first-order valence-electron chi connectivity index (χ1n) is 9.22. The first kappa shape index (κ1) is 20.7. The van der Waals surface area contributed by atoms with E-state index in [0.29, 0.717) is 11.1 Å². The lowest BCUT2D eigenvalue weighted by atomic mass is 9.65. The fourth-order valence-corrected chi connectivity index (χ4v) is 3.76. The van der Waals surface area contributed by atoms with Gasteiger partial charge in [0.1, 0.15) is 0 Å². The molecule has 1 fully saturated rings. The maximum absolute atomic E-state index is 12.4. The van der Waals surface area contributed by atoms with Gasteiger partial charge in [0, 0.05) is 18.1 Å². The van der Waals surface area contributed by atoms with Crippen molar-refractivity contribution in [2.45, 2.75) is 65.6 Å². The van der Waals surface area contributed by atoms with Gasteiger partial charge in [0.25, 0.3) is 0 Å². The molecule has 0 saturated heterocycles. The quantitative estimate of drug-likeness (QED) is 0.511. The highest BCUT2D eigenvalue weighted by Crippen LogP contribution is 2.46. The van der Waals surface area contributed by atoms with Gasteiger partial charge in [-0.25, -0.2) is 9.59 Å². The molecule has 2 aliphatic rings. The van der Waals surface area contributed by atoms with Crippen LogP contribution in [0.1, 0.15) is 53.4 Å². The zero-order valence-corrected chi connectivity index (χ0v) is 16.6. The standard InChI is InChI=1S/C19H29BO6/c1-11(2)25-20(26-12(3)4)16-10-15(18(21)23-5)17(19(22)24-6)14-9-7-8-13(14)16/h11-12,14H,7-10H2,1-6H3. The topological polar surface area (TPSA) is 71.1 Å². The number of rotatable bonds is 7. The van der Waals surface area contributed by atoms with Gasteiger partial charge in [0.05, 0.1) is 25.4 Å². The summed E-state index contributed by atoms with van der Waals surface area (Å²) >= 11 is 0. The van der Waals surface area contributed by atoms with Crippen LogP contribution in [0, 0.1) is 5.92 Å². The second-order valence-corrected chi connectivity index (χ2v) is 7.25. The van der Waals surface area contributed by atoms with Gasteiger partial charge in [-0.15, -0.1) is 0 Å². The zero-order valence-electron chi connectivity index (χ0n) is 16.6. The molecule has 0 bridgehead atoms. The summed E-state index contributed by atoms with van der Waals surface area (Å²) in [5, 5.41) is 0. The lowest BCUT2D eigenvalue weighted by molar-refractivity contribution is -0.139. The molecule has 0 spiro atoms. The van der Waals surface area contributed by atoms with Crippen molar-refractivity contribution < 1.29 is 28.4 Å². The van der Waals surface area contributed by atoms with Crippen LogP contribution < -0.4 is 0 Å². The van der Waals surface area contributed by atoms with Gasteiger partial charge in [-0.1, -0.05) is 5.57 Å². The Bertz CT molecular complexity index is 610. The van der Waals surface area contributed by atoms with E-state index in [2.05, 4.69) is 0 Å². The summed E-state index contributed by atoms with van der Waals surface area (Å²) in [6.45, 7) is 7.81. The predicted octanol–water partition coefficient (Wildman–Crippen LogP) is 3.01. The minimum atomic E-state index is -0.538. The molecule has 0 aromatic carbocycles. The Balaban J connectivity index is 2.50. The summed E-state index contributed by atoms with van der Waals surface area (Å²) in [7, 11) is 2.12. The Morgan fingerprint density at radius 3 is 2.08 bits per heavy atom. The molecule has 0 heterocycles. The number of allylic oxidation sites excluding steroid dienone is 2. The Hall–Kier alpha value is -1.60. The third-order valence-electron chi connectivity index (χ3n) is 4.73. The van der Waals surface area contributed by atoms with Crippen molar-refractivity contribution in [3.05, 3.63) is 22.2 Å². The highest BCUT2D eigenvalue weighted by Gasteiger charge is 2.43. The van der Waals surface area contributed by atoms with Crippen molar-refractivity contribution in [3.8, 4) is 0 Å². The number of hydrogen-bond donors (Lipinski definition) is 0. The molecule has 0 aromatic heterocycles. The highest BCUT2D eigenvalue weighted by molar-refractivity contribution is 6.54. The molecule has 0 aliphatic heterocycles. The number of esters is 2. The summed E-state index contributed by atoms with van der Waals surface area (Å²) < 4.78 is 21.9. The fourth-order valence-electron chi connectivity index (χ4n) is 3.76. The summed E-state index contributed by atoms with van der Waals surface area (Å²) in [5.74, 6) is -1.09. The van der Waals surface area contributed by atoms with E-state index >= 15 is 0 Å². The lowest BCUT2D eigenvalue weighted by Gasteiger charge is -2.30. The van der Waals surface area contributed by atoms with E-state index in [1.54, 1.807) is 0 Å². The first-order valence-corrected chi connectivity index (χ1v) is 9.22. The molecule has 1 unspecified atom stereocenters. The van der Waals surface area contributed by atoms with Crippen LogP contribution in [-0.2, 0) is 28.4 Å². The van der Waals surface area contributed by atoms with Gasteiger partial charge >= 0.3 is 19.1 Å². The van der Waals surface area contributed by atoms with Crippen LogP contribution in [0.15, 0.2) is 22.2 Å². The molecule has 1 saturated carbocycles. The van der Waals surface area contributed by atoms with E-state index in [0.717, 1.165) is 30.3 Å². The van der Waals surface area contributed by atoms with E-state index in [1.165, 1.54) is 14.2 Å². The maximum Gasteiger partial charge on any atom is 0.490 e. The number of fused-ring (bicyclic) bond motifs is 1. The Kier molecular flexibility index (Phi) is 7.06. The SMILES string of the molecule is COC(=O)C1=C(C(=O)OC)C2CCCC2=C(B(OC(C)C)OC(C)C)C1. The molecule has 0 radical (unpaired) electrons. The highest BCUT2D eigenvalue weighted by atomic mass is 16.6. The van der Waals surface area contributed by atoms with E-state index in [-0.39, 0.29) is 24.5 Å². The van der Waals surface area contributed by atoms with Crippen LogP contribution in [0.3, 0.4) is 0 Å². The summed E-state index contributed by atoms with van der Waals surface area (Å²) in [6, 6.07) is 0. The second kappa shape index (κ2) is 8.86. The van der Waals surface area contributed by atoms with Crippen molar-refractivity contribution in [1.82, 2.24) is 0 Å². The summed E-state index contributed by atoms with van der Waals surface area (Å²) in [6.07, 6.45) is 2.86. The Morgan fingerprint density at radius 2 is 1.58 bits per heavy atom. The molecule has 0 N–H and O–H groups in total. The average Bonchev–Trinajstić information content (AvgIpc) is 3.06. The molecule has 6 nitrogen and oxygen atoms in total. The van der Waals surface area contributed by atoms with Gasteiger partial charge in [-0.3, -0.25) is 0 Å². The Morgan fingerprint density at radius 1 is 1.00 bits per heavy atom. The number of carbonyl (C=O) groups is 2. The molecule has 0 aromatic rings. The molecule has 2 aliphatic carbocycles. The van der Waals surface area contributed by atoms with Crippen LogP contribution in [0.4, 0.5) is 0 Å². The van der Waals surface area contributed by atoms with Crippen molar-refractivity contribution in [2.24, 2.45) is 5.92 Å².